The van der Waals surface area contributed by atoms with Crippen LogP contribution in [0.5, 0.6) is 0 Å². The van der Waals surface area contributed by atoms with Crippen LogP contribution < -0.4 is 9.80 Å². The summed E-state index contributed by atoms with van der Waals surface area (Å²) >= 11 is 0. The van der Waals surface area contributed by atoms with Crippen molar-refractivity contribution in [3.63, 3.8) is 0 Å². The van der Waals surface area contributed by atoms with Crippen molar-refractivity contribution in [1.82, 2.24) is 0 Å². The maximum atomic E-state index is 13.8. The van der Waals surface area contributed by atoms with Gasteiger partial charge in [-0.15, -0.1) is 0 Å². The van der Waals surface area contributed by atoms with Gasteiger partial charge in [0.1, 0.15) is 5.70 Å². The molecule has 5 rings (SSSR count). The number of nitro benzene ring substituents is 1. The number of aryl methyl sites for hydroxylation is 2. The van der Waals surface area contributed by atoms with Crippen molar-refractivity contribution in [2.24, 2.45) is 0 Å². The molecule has 0 fully saturated rings. The van der Waals surface area contributed by atoms with E-state index >= 15 is 0 Å². The number of nitrogens with zero attached hydrogens (tertiary/aromatic N) is 3. The third-order valence-corrected chi connectivity index (χ3v) is 6.18. The van der Waals surface area contributed by atoms with E-state index < -0.39 is 16.7 Å². The molecule has 0 bridgehead atoms. The lowest BCUT2D eigenvalue weighted by Crippen LogP contribution is -2.35. The van der Waals surface area contributed by atoms with Crippen LogP contribution in [0.15, 0.2) is 72.4 Å². The summed E-state index contributed by atoms with van der Waals surface area (Å²) < 4.78 is 0. The number of carbonyl (C=O) groups is 2. The Hall–Kier alpha value is -4.26. The molecule has 3 aromatic carbocycles. The number of rotatable bonds is 4. The second-order valence-corrected chi connectivity index (χ2v) is 8.29. The highest BCUT2D eigenvalue weighted by atomic mass is 16.6. The van der Waals surface area contributed by atoms with Crippen LogP contribution in [0.1, 0.15) is 22.3 Å². The van der Waals surface area contributed by atoms with Crippen molar-refractivity contribution in [2.45, 2.75) is 20.3 Å². The van der Waals surface area contributed by atoms with Crippen LogP contribution in [-0.4, -0.2) is 23.3 Å². The van der Waals surface area contributed by atoms with Gasteiger partial charge in [-0.25, -0.2) is 4.90 Å². The zero-order valence-corrected chi connectivity index (χ0v) is 18.2. The third-order valence-electron chi connectivity index (χ3n) is 6.18. The molecule has 0 saturated heterocycles. The number of amides is 2. The largest absolute Gasteiger partial charge is 0.336 e. The number of carbonyl (C=O) groups excluding carboxylic acids is 2. The van der Waals surface area contributed by atoms with Gasteiger partial charge in [0.05, 0.1) is 16.2 Å². The number of fused-ring (bicyclic) bond motifs is 1. The van der Waals surface area contributed by atoms with Gasteiger partial charge in [0.25, 0.3) is 17.5 Å². The Kier molecular flexibility index (Phi) is 4.82. The van der Waals surface area contributed by atoms with Gasteiger partial charge in [-0.05, 0) is 61.2 Å². The first-order chi connectivity index (χ1) is 15.9. The van der Waals surface area contributed by atoms with E-state index in [1.54, 1.807) is 6.07 Å². The lowest BCUT2D eigenvalue weighted by molar-refractivity contribution is -0.384. The van der Waals surface area contributed by atoms with Gasteiger partial charge in [0.2, 0.25) is 0 Å². The van der Waals surface area contributed by atoms with Crippen LogP contribution in [0.4, 0.5) is 17.1 Å². The summed E-state index contributed by atoms with van der Waals surface area (Å²) in [6.45, 7) is 4.40. The Balaban J connectivity index is 1.68. The molecule has 0 saturated carbocycles. The molecule has 0 N–H and O–H groups in total. The molecule has 0 aliphatic carbocycles. The van der Waals surface area contributed by atoms with Crippen molar-refractivity contribution in [3.05, 3.63) is 105 Å². The van der Waals surface area contributed by atoms with Crippen molar-refractivity contribution >= 4 is 34.4 Å². The van der Waals surface area contributed by atoms with E-state index in [1.165, 1.54) is 29.2 Å². The van der Waals surface area contributed by atoms with Gasteiger partial charge in [0.15, 0.2) is 0 Å². The van der Waals surface area contributed by atoms with Crippen LogP contribution in [0.25, 0.3) is 5.57 Å². The van der Waals surface area contributed by atoms with Gasteiger partial charge < -0.3 is 4.90 Å². The molecule has 164 valence electrons. The maximum Gasteiger partial charge on any atom is 0.282 e. The van der Waals surface area contributed by atoms with Gasteiger partial charge in [-0.2, -0.15) is 0 Å². The summed E-state index contributed by atoms with van der Waals surface area (Å²) in [5, 5.41) is 11.1. The number of hydrogen-bond donors (Lipinski definition) is 0. The smallest absolute Gasteiger partial charge is 0.282 e. The van der Waals surface area contributed by atoms with E-state index in [4.69, 9.17) is 0 Å². The summed E-state index contributed by atoms with van der Waals surface area (Å²) in [5.41, 5.74) is 5.37. The lowest BCUT2D eigenvalue weighted by atomic mass is 10.0. The molecular formula is C26H21N3O4. The molecule has 0 aromatic heterocycles. The standard InChI is InChI=1S/C26H21N3O4/c1-16-7-12-21(17(2)15-16)28-25(30)23(19-8-10-20(11-9-19)29(32)33)24(26(28)31)27-14-13-18-5-3-4-6-22(18)27/h3-12,15H,13-14H2,1-2H3. The molecule has 2 amide bonds. The van der Waals surface area contributed by atoms with E-state index in [9.17, 15) is 19.7 Å². The number of benzene rings is 3. The van der Waals surface area contributed by atoms with Crippen LogP contribution in [0.2, 0.25) is 0 Å². The highest BCUT2D eigenvalue weighted by Gasteiger charge is 2.44. The van der Waals surface area contributed by atoms with Gasteiger partial charge in [-0.1, -0.05) is 35.9 Å². The molecule has 0 atom stereocenters. The highest BCUT2D eigenvalue weighted by Crippen LogP contribution is 2.41. The molecule has 7 heteroatoms. The van der Waals surface area contributed by atoms with E-state index in [-0.39, 0.29) is 11.3 Å². The SMILES string of the molecule is Cc1ccc(N2C(=O)C(c3ccc([N+](=O)[O-])cc3)=C(N3CCc4ccccc43)C2=O)c(C)c1. The normalized spacial score (nSPS) is 15.5. The Morgan fingerprint density at radius 2 is 1.61 bits per heavy atom. The molecule has 0 unspecified atom stereocenters. The molecule has 3 aromatic rings. The Morgan fingerprint density at radius 3 is 2.30 bits per heavy atom. The highest BCUT2D eigenvalue weighted by molar-refractivity contribution is 6.46. The number of hydrogen-bond acceptors (Lipinski definition) is 5. The van der Waals surface area contributed by atoms with Crippen LogP contribution in [0, 0.1) is 24.0 Å². The maximum absolute atomic E-state index is 13.8. The van der Waals surface area contributed by atoms with Crippen LogP contribution in [0.3, 0.4) is 0 Å². The second-order valence-electron chi connectivity index (χ2n) is 8.29. The average molecular weight is 439 g/mol. The van der Waals surface area contributed by atoms with Gasteiger partial charge >= 0.3 is 0 Å². The van der Waals surface area contributed by atoms with Crippen LogP contribution >= 0.6 is 0 Å². The van der Waals surface area contributed by atoms with Crippen molar-refractivity contribution < 1.29 is 14.5 Å². The van der Waals surface area contributed by atoms with E-state index in [0.717, 1.165) is 28.8 Å². The quantitative estimate of drug-likeness (QED) is 0.338. The summed E-state index contributed by atoms with van der Waals surface area (Å²) in [4.78, 5) is 41.3. The van der Waals surface area contributed by atoms with Crippen molar-refractivity contribution in [3.8, 4) is 0 Å². The zero-order chi connectivity index (χ0) is 23.3. The van der Waals surface area contributed by atoms with Crippen molar-refractivity contribution in [2.75, 3.05) is 16.3 Å². The minimum atomic E-state index is -0.487. The molecular weight excluding hydrogens is 418 g/mol. The van der Waals surface area contributed by atoms with Crippen molar-refractivity contribution in [1.29, 1.82) is 0 Å². The molecule has 2 aliphatic rings. The van der Waals surface area contributed by atoms with Gasteiger partial charge in [0, 0.05) is 24.4 Å². The molecule has 2 aliphatic heterocycles. The predicted octanol–water partition coefficient (Wildman–Crippen LogP) is 4.56. The first-order valence-electron chi connectivity index (χ1n) is 10.7. The number of anilines is 2. The minimum absolute atomic E-state index is 0.0737. The monoisotopic (exact) mass is 439 g/mol. The number of imide groups is 1. The molecule has 2 heterocycles. The number of non-ortho nitro benzene ring substituents is 1. The fraction of sp³-hybridized carbons (Fsp3) is 0.154. The molecule has 33 heavy (non-hydrogen) atoms. The lowest BCUT2D eigenvalue weighted by Gasteiger charge is -2.22. The number of para-hydroxylation sites is 1. The summed E-state index contributed by atoms with van der Waals surface area (Å²) in [6.07, 6.45) is 0.762. The number of nitro groups is 1. The van der Waals surface area contributed by atoms with Crippen LogP contribution in [-0.2, 0) is 16.0 Å². The van der Waals surface area contributed by atoms with E-state index in [0.29, 0.717) is 23.5 Å². The fourth-order valence-corrected chi connectivity index (χ4v) is 4.62. The zero-order valence-electron chi connectivity index (χ0n) is 18.2. The predicted molar refractivity (Wildman–Crippen MR) is 126 cm³/mol. The van der Waals surface area contributed by atoms with E-state index in [1.807, 2.05) is 55.1 Å². The first-order valence-corrected chi connectivity index (χ1v) is 10.7. The topological polar surface area (TPSA) is 83.8 Å². The van der Waals surface area contributed by atoms with Gasteiger partial charge in [-0.3, -0.25) is 19.7 Å². The molecule has 0 radical (unpaired) electrons. The summed E-state index contributed by atoms with van der Waals surface area (Å²) in [7, 11) is 0. The summed E-state index contributed by atoms with van der Waals surface area (Å²) in [6, 6.07) is 19.2. The first kappa shape index (κ1) is 20.6. The Labute approximate surface area is 190 Å². The Morgan fingerprint density at radius 1 is 0.879 bits per heavy atom. The molecule has 0 spiro atoms. The third kappa shape index (κ3) is 3.29. The second kappa shape index (κ2) is 7.70. The summed E-state index contributed by atoms with van der Waals surface area (Å²) in [5.74, 6) is -0.822. The molecule has 7 nitrogen and oxygen atoms in total. The van der Waals surface area contributed by atoms with E-state index in [2.05, 4.69) is 0 Å². The fourth-order valence-electron chi connectivity index (χ4n) is 4.62. The Bertz CT molecular complexity index is 1360. The minimum Gasteiger partial charge on any atom is -0.336 e. The average Bonchev–Trinajstić information content (AvgIpc) is 3.32.